The van der Waals surface area contributed by atoms with Crippen molar-refractivity contribution in [2.75, 3.05) is 5.73 Å². The van der Waals surface area contributed by atoms with Gasteiger partial charge in [-0.05, 0) is 42.5 Å². The van der Waals surface area contributed by atoms with E-state index in [1.54, 1.807) is 6.07 Å². The molecular formula is C14H15FIN5. The summed E-state index contributed by atoms with van der Waals surface area (Å²) in [7, 11) is 1.91. The van der Waals surface area contributed by atoms with E-state index < -0.39 is 0 Å². The lowest BCUT2D eigenvalue weighted by Gasteiger charge is -2.07. The van der Waals surface area contributed by atoms with Gasteiger partial charge in [0, 0.05) is 24.4 Å². The Morgan fingerprint density at radius 1 is 1.33 bits per heavy atom. The summed E-state index contributed by atoms with van der Waals surface area (Å²) >= 11 is 1.95. The number of rotatable bonds is 2. The molecule has 0 atom stereocenters. The van der Waals surface area contributed by atoms with E-state index in [9.17, 15) is 4.39 Å². The minimum absolute atomic E-state index is 0.260. The molecule has 0 fully saturated rings. The molecule has 0 spiro atoms. The van der Waals surface area contributed by atoms with Crippen LogP contribution < -0.4 is 5.73 Å². The van der Waals surface area contributed by atoms with Crippen LogP contribution in [0.2, 0.25) is 0 Å². The van der Waals surface area contributed by atoms with Crippen molar-refractivity contribution >= 4 is 39.6 Å². The van der Waals surface area contributed by atoms with Crippen molar-refractivity contribution < 1.29 is 4.39 Å². The van der Waals surface area contributed by atoms with E-state index in [0.717, 1.165) is 17.0 Å². The van der Waals surface area contributed by atoms with Gasteiger partial charge in [-0.2, -0.15) is 5.10 Å². The molecular weight excluding hydrogens is 384 g/mol. The standard InChI is InChI=1S/C14H15FIN5/c1-7-9(8(2)20(3)19-7)6-21-13-4-10(15)11(16)5-12(13)18-14(21)17/h4-5H,6H2,1-3H3,(H2,17,18). The summed E-state index contributed by atoms with van der Waals surface area (Å²) in [4.78, 5) is 4.32. The zero-order valence-electron chi connectivity index (χ0n) is 12.0. The number of halogens is 2. The highest BCUT2D eigenvalue weighted by Crippen LogP contribution is 2.25. The molecule has 3 rings (SSSR count). The van der Waals surface area contributed by atoms with Crippen LogP contribution in [0.4, 0.5) is 10.3 Å². The maximum Gasteiger partial charge on any atom is 0.201 e. The van der Waals surface area contributed by atoms with Gasteiger partial charge in [0.2, 0.25) is 5.95 Å². The second-order valence-electron chi connectivity index (χ2n) is 5.08. The second-order valence-corrected chi connectivity index (χ2v) is 6.25. The number of aryl methyl sites for hydroxylation is 2. The highest BCUT2D eigenvalue weighted by Gasteiger charge is 2.15. The van der Waals surface area contributed by atoms with Crippen molar-refractivity contribution in [2.45, 2.75) is 20.4 Å². The predicted molar refractivity (Wildman–Crippen MR) is 88.6 cm³/mol. The number of hydrogen-bond acceptors (Lipinski definition) is 3. The van der Waals surface area contributed by atoms with Gasteiger partial charge in [-0.15, -0.1) is 0 Å². The zero-order valence-corrected chi connectivity index (χ0v) is 14.1. The van der Waals surface area contributed by atoms with Crippen LogP contribution in [0, 0.1) is 23.2 Å². The average molecular weight is 399 g/mol. The molecule has 2 aromatic heterocycles. The fourth-order valence-electron chi connectivity index (χ4n) is 2.51. The van der Waals surface area contributed by atoms with E-state index in [1.807, 2.05) is 52.7 Å². The number of benzene rings is 1. The van der Waals surface area contributed by atoms with Crippen LogP contribution in [0.5, 0.6) is 0 Å². The summed E-state index contributed by atoms with van der Waals surface area (Å²) in [6.07, 6.45) is 0. The minimum atomic E-state index is -0.260. The lowest BCUT2D eigenvalue weighted by Crippen LogP contribution is -2.06. The Balaban J connectivity index is 2.16. The molecule has 5 nitrogen and oxygen atoms in total. The fourth-order valence-corrected chi connectivity index (χ4v) is 2.96. The number of imidazole rings is 1. The molecule has 7 heteroatoms. The largest absolute Gasteiger partial charge is 0.369 e. The SMILES string of the molecule is Cc1nn(C)c(C)c1Cn1c(N)nc2cc(I)c(F)cc21. The normalized spacial score (nSPS) is 11.5. The first-order valence-electron chi connectivity index (χ1n) is 6.48. The molecule has 0 unspecified atom stereocenters. The number of nitrogens with zero attached hydrogens (tertiary/aromatic N) is 4. The third kappa shape index (κ3) is 2.29. The highest BCUT2D eigenvalue weighted by molar-refractivity contribution is 14.1. The first-order chi connectivity index (χ1) is 9.88. The van der Waals surface area contributed by atoms with Crippen LogP contribution in [-0.4, -0.2) is 19.3 Å². The molecule has 0 bridgehead atoms. The molecule has 2 N–H and O–H groups in total. The summed E-state index contributed by atoms with van der Waals surface area (Å²) in [5, 5.41) is 4.40. The van der Waals surface area contributed by atoms with Crippen LogP contribution in [0.1, 0.15) is 17.0 Å². The summed E-state index contributed by atoms with van der Waals surface area (Å²) in [6, 6.07) is 3.20. The Morgan fingerprint density at radius 3 is 2.67 bits per heavy atom. The summed E-state index contributed by atoms with van der Waals surface area (Å²) < 4.78 is 18.0. The second kappa shape index (κ2) is 4.97. The van der Waals surface area contributed by atoms with Crippen LogP contribution >= 0.6 is 22.6 Å². The van der Waals surface area contributed by atoms with Gasteiger partial charge in [-0.1, -0.05) is 0 Å². The van der Waals surface area contributed by atoms with E-state index in [-0.39, 0.29) is 5.82 Å². The smallest absolute Gasteiger partial charge is 0.201 e. The number of aromatic nitrogens is 4. The van der Waals surface area contributed by atoms with Gasteiger partial charge in [0.1, 0.15) is 5.82 Å². The Bertz CT molecular complexity index is 849. The molecule has 0 aliphatic carbocycles. The maximum atomic E-state index is 13.8. The average Bonchev–Trinajstić information content (AvgIpc) is 2.83. The fraction of sp³-hybridized carbons (Fsp3) is 0.286. The summed E-state index contributed by atoms with van der Waals surface area (Å²) in [5.41, 5.74) is 10.5. The van der Waals surface area contributed by atoms with Crippen molar-refractivity contribution in [3.05, 3.63) is 38.5 Å². The summed E-state index contributed by atoms with van der Waals surface area (Å²) in [5.74, 6) is 0.123. The quantitative estimate of drug-likeness (QED) is 0.675. The van der Waals surface area contributed by atoms with Crippen LogP contribution in [0.15, 0.2) is 12.1 Å². The van der Waals surface area contributed by atoms with E-state index in [0.29, 0.717) is 27.1 Å². The van der Waals surface area contributed by atoms with Gasteiger partial charge in [-0.3, -0.25) is 4.68 Å². The van der Waals surface area contributed by atoms with Gasteiger partial charge < -0.3 is 10.3 Å². The zero-order chi connectivity index (χ0) is 15.3. The number of fused-ring (bicyclic) bond motifs is 1. The van der Waals surface area contributed by atoms with Crippen molar-refractivity contribution in [3.63, 3.8) is 0 Å². The molecule has 0 radical (unpaired) electrons. The van der Waals surface area contributed by atoms with Crippen LogP contribution in [-0.2, 0) is 13.6 Å². The number of nitrogens with two attached hydrogens (primary N) is 1. The molecule has 0 saturated carbocycles. The molecule has 0 amide bonds. The van der Waals surface area contributed by atoms with Gasteiger partial charge in [0.25, 0.3) is 0 Å². The van der Waals surface area contributed by atoms with Gasteiger partial charge >= 0.3 is 0 Å². The van der Waals surface area contributed by atoms with Crippen molar-refractivity contribution in [1.29, 1.82) is 0 Å². The first-order valence-corrected chi connectivity index (χ1v) is 7.56. The van der Waals surface area contributed by atoms with Crippen LogP contribution in [0.3, 0.4) is 0 Å². The van der Waals surface area contributed by atoms with Crippen molar-refractivity contribution in [1.82, 2.24) is 19.3 Å². The lowest BCUT2D eigenvalue weighted by molar-refractivity contribution is 0.621. The Labute approximate surface area is 135 Å². The topological polar surface area (TPSA) is 61.7 Å². The molecule has 0 aliphatic heterocycles. The molecule has 21 heavy (non-hydrogen) atoms. The first kappa shape index (κ1) is 14.3. The van der Waals surface area contributed by atoms with Gasteiger partial charge in [0.05, 0.1) is 26.8 Å². The predicted octanol–water partition coefficient (Wildman–Crippen LogP) is 2.76. The third-order valence-corrected chi connectivity index (χ3v) is 4.62. The van der Waals surface area contributed by atoms with Crippen molar-refractivity contribution in [3.8, 4) is 0 Å². The van der Waals surface area contributed by atoms with E-state index in [1.165, 1.54) is 6.07 Å². The highest BCUT2D eigenvalue weighted by atomic mass is 127. The lowest BCUT2D eigenvalue weighted by atomic mass is 10.2. The third-order valence-electron chi connectivity index (χ3n) is 3.79. The Kier molecular flexibility index (Phi) is 3.39. The van der Waals surface area contributed by atoms with Crippen LogP contribution in [0.25, 0.3) is 11.0 Å². The van der Waals surface area contributed by atoms with E-state index >= 15 is 0 Å². The minimum Gasteiger partial charge on any atom is -0.369 e. The Morgan fingerprint density at radius 2 is 2.05 bits per heavy atom. The number of anilines is 1. The Hall–Kier alpha value is -1.64. The number of nitrogen functional groups attached to an aromatic ring is 1. The molecule has 0 saturated heterocycles. The molecule has 0 aliphatic rings. The maximum absolute atomic E-state index is 13.8. The monoisotopic (exact) mass is 399 g/mol. The molecule has 2 heterocycles. The molecule has 1 aromatic carbocycles. The molecule has 110 valence electrons. The molecule has 3 aromatic rings. The van der Waals surface area contributed by atoms with Gasteiger partial charge in [-0.25, -0.2) is 9.37 Å². The summed E-state index contributed by atoms with van der Waals surface area (Å²) in [6.45, 7) is 4.50. The van der Waals surface area contributed by atoms with E-state index in [2.05, 4.69) is 10.1 Å². The van der Waals surface area contributed by atoms with Crippen molar-refractivity contribution in [2.24, 2.45) is 7.05 Å². The van der Waals surface area contributed by atoms with Gasteiger partial charge in [0.15, 0.2) is 0 Å². The number of hydrogen-bond donors (Lipinski definition) is 1. The van der Waals surface area contributed by atoms with E-state index in [4.69, 9.17) is 5.73 Å².